The largest absolute Gasteiger partial charge is 0.495 e. The van der Waals surface area contributed by atoms with Gasteiger partial charge >= 0.3 is 6.03 Å². The highest BCUT2D eigenvalue weighted by molar-refractivity contribution is 6.30. The van der Waals surface area contributed by atoms with E-state index in [2.05, 4.69) is 10.2 Å². The molecule has 6 heteroatoms. The second-order valence-corrected chi connectivity index (χ2v) is 6.02. The number of anilines is 2. The number of ether oxygens (including phenoxy) is 1. The van der Waals surface area contributed by atoms with Crippen molar-refractivity contribution in [1.82, 2.24) is 4.90 Å². The van der Waals surface area contributed by atoms with Gasteiger partial charge in [-0.1, -0.05) is 23.7 Å². The minimum Gasteiger partial charge on any atom is -0.495 e. The quantitative estimate of drug-likeness (QED) is 0.922. The molecule has 0 radical (unpaired) electrons. The molecule has 0 saturated carbocycles. The summed E-state index contributed by atoms with van der Waals surface area (Å²) < 4.78 is 5.27. The number of rotatable bonds is 3. The molecule has 2 aromatic carbocycles. The van der Waals surface area contributed by atoms with Crippen molar-refractivity contribution in [3.8, 4) is 5.75 Å². The van der Waals surface area contributed by atoms with Crippen molar-refractivity contribution in [1.29, 1.82) is 0 Å². The summed E-state index contributed by atoms with van der Waals surface area (Å²) in [6, 6.07) is 15.1. The van der Waals surface area contributed by atoms with E-state index in [1.165, 1.54) is 0 Å². The number of carbonyl (C=O) groups excluding carboxylic acids is 1. The third kappa shape index (κ3) is 3.74. The molecule has 0 aromatic heterocycles. The first-order chi connectivity index (χ1) is 11.7. The maximum Gasteiger partial charge on any atom is 0.322 e. The molecule has 126 valence electrons. The van der Waals surface area contributed by atoms with E-state index in [1.807, 2.05) is 53.4 Å². The van der Waals surface area contributed by atoms with Crippen LogP contribution in [0.25, 0.3) is 0 Å². The molecule has 1 N–H and O–H groups in total. The Hall–Kier alpha value is -2.40. The van der Waals surface area contributed by atoms with E-state index in [1.54, 1.807) is 7.11 Å². The van der Waals surface area contributed by atoms with E-state index in [0.717, 1.165) is 23.8 Å². The Morgan fingerprint density at radius 3 is 2.38 bits per heavy atom. The van der Waals surface area contributed by atoms with Gasteiger partial charge < -0.3 is 19.9 Å². The minimum atomic E-state index is -0.102. The third-order valence-corrected chi connectivity index (χ3v) is 4.36. The topological polar surface area (TPSA) is 44.8 Å². The van der Waals surface area contributed by atoms with Gasteiger partial charge in [0.15, 0.2) is 0 Å². The number of hydrogen-bond acceptors (Lipinski definition) is 3. The molecule has 0 bridgehead atoms. The second kappa shape index (κ2) is 7.45. The van der Waals surface area contributed by atoms with Gasteiger partial charge in [-0.3, -0.25) is 0 Å². The normalized spacial score (nSPS) is 14.4. The zero-order valence-electron chi connectivity index (χ0n) is 13.5. The molecule has 0 unspecified atom stereocenters. The lowest BCUT2D eigenvalue weighted by atomic mass is 10.2. The zero-order valence-corrected chi connectivity index (χ0v) is 14.3. The number of piperazine rings is 1. The molecule has 1 aliphatic heterocycles. The Kier molecular flexibility index (Phi) is 5.11. The van der Waals surface area contributed by atoms with Crippen LogP contribution < -0.4 is 15.0 Å². The van der Waals surface area contributed by atoms with Crippen LogP contribution in [0.1, 0.15) is 0 Å². The summed E-state index contributed by atoms with van der Waals surface area (Å²) in [5.41, 5.74) is 1.81. The van der Waals surface area contributed by atoms with Crippen molar-refractivity contribution in [3.05, 3.63) is 53.6 Å². The van der Waals surface area contributed by atoms with Crippen molar-refractivity contribution < 1.29 is 9.53 Å². The van der Waals surface area contributed by atoms with E-state index >= 15 is 0 Å². The number of urea groups is 1. The average molecular weight is 346 g/mol. The number of hydrogen-bond donors (Lipinski definition) is 1. The first-order valence-corrected chi connectivity index (χ1v) is 8.24. The summed E-state index contributed by atoms with van der Waals surface area (Å²) in [5.74, 6) is 0.658. The second-order valence-electron chi connectivity index (χ2n) is 5.58. The molecule has 1 saturated heterocycles. The molecular formula is C18H20ClN3O2. The highest BCUT2D eigenvalue weighted by Gasteiger charge is 2.22. The smallest absolute Gasteiger partial charge is 0.322 e. The minimum absolute atomic E-state index is 0.102. The maximum absolute atomic E-state index is 12.4. The molecular weight excluding hydrogens is 326 g/mol. The first-order valence-electron chi connectivity index (χ1n) is 7.87. The van der Waals surface area contributed by atoms with Gasteiger partial charge in [-0.25, -0.2) is 4.79 Å². The van der Waals surface area contributed by atoms with Crippen molar-refractivity contribution in [3.63, 3.8) is 0 Å². The fourth-order valence-electron chi connectivity index (χ4n) is 2.76. The molecule has 2 aromatic rings. The number of halogens is 1. The van der Waals surface area contributed by atoms with Crippen LogP contribution >= 0.6 is 11.6 Å². The zero-order chi connectivity index (χ0) is 16.9. The standard InChI is InChI=1S/C18H20ClN3O2/c1-24-17-5-3-2-4-16(17)20-18(23)22-12-10-21(11-13-22)15-8-6-14(19)7-9-15/h2-9H,10-13H2,1H3,(H,20,23). The lowest BCUT2D eigenvalue weighted by Crippen LogP contribution is -2.50. The van der Waals surface area contributed by atoms with Gasteiger partial charge in [0.05, 0.1) is 12.8 Å². The van der Waals surface area contributed by atoms with Gasteiger partial charge in [-0.15, -0.1) is 0 Å². The Morgan fingerprint density at radius 1 is 1.04 bits per heavy atom. The monoisotopic (exact) mass is 345 g/mol. The highest BCUT2D eigenvalue weighted by atomic mass is 35.5. The number of benzene rings is 2. The molecule has 1 aliphatic rings. The van der Waals surface area contributed by atoms with Gasteiger partial charge in [-0.05, 0) is 36.4 Å². The molecule has 0 aliphatic carbocycles. The van der Waals surface area contributed by atoms with Crippen LogP contribution in [-0.4, -0.2) is 44.2 Å². The van der Waals surface area contributed by atoms with Crippen LogP contribution in [0.15, 0.2) is 48.5 Å². The van der Waals surface area contributed by atoms with E-state index in [0.29, 0.717) is 24.5 Å². The predicted molar refractivity (Wildman–Crippen MR) is 97.3 cm³/mol. The predicted octanol–water partition coefficient (Wildman–Crippen LogP) is 3.70. The van der Waals surface area contributed by atoms with Crippen molar-refractivity contribution in [2.45, 2.75) is 0 Å². The van der Waals surface area contributed by atoms with E-state index in [-0.39, 0.29) is 6.03 Å². The van der Waals surface area contributed by atoms with Crippen LogP contribution in [0.5, 0.6) is 5.75 Å². The van der Waals surface area contributed by atoms with Gasteiger partial charge in [0, 0.05) is 36.9 Å². The molecule has 0 spiro atoms. The van der Waals surface area contributed by atoms with Gasteiger partial charge in [0.2, 0.25) is 0 Å². The van der Waals surface area contributed by atoms with Crippen LogP contribution in [0, 0.1) is 0 Å². The number of amides is 2. The van der Waals surface area contributed by atoms with E-state index in [4.69, 9.17) is 16.3 Å². The number of methoxy groups -OCH3 is 1. The number of nitrogens with one attached hydrogen (secondary N) is 1. The Labute approximate surface area is 146 Å². The molecule has 1 fully saturated rings. The van der Waals surface area contributed by atoms with Crippen molar-refractivity contribution in [2.75, 3.05) is 43.5 Å². The van der Waals surface area contributed by atoms with Crippen LogP contribution in [0.2, 0.25) is 5.02 Å². The van der Waals surface area contributed by atoms with Crippen LogP contribution in [-0.2, 0) is 0 Å². The molecule has 1 heterocycles. The van der Waals surface area contributed by atoms with E-state index < -0.39 is 0 Å². The Balaban J connectivity index is 1.58. The number of carbonyl (C=O) groups is 1. The number of nitrogens with zero attached hydrogens (tertiary/aromatic N) is 2. The molecule has 5 nitrogen and oxygen atoms in total. The molecule has 3 rings (SSSR count). The lowest BCUT2D eigenvalue weighted by Gasteiger charge is -2.36. The summed E-state index contributed by atoms with van der Waals surface area (Å²) in [6.45, 7) is 2.93. The SMILES string of the molecule is COc1ccccc1NC(=O)N1CCN(c2ccc(Cl)cc2)CC1. The van der Waals surface area contributed by atoms with Gasteiger partial charge in [0.1, 0.15) is 5.75 Å². The maximum atomic E-state index is 12.4. The van der Waals surface area contributed by atoms with Gasteiger partial charge in [-0.2, -0.15) is 0 Å². The Morgan fingerprint density at radius 2 is 1.71 bits per heavy atom. The third-order valence-electron chi connectivity index (χ3n) is 4.11. The van der Waals surface area contributed by atoms with Crippen LogP contribution in [0.3, 0.4) is 0 Å². The van der Waals surface area contributed by atoms with Crippen molar-refractivity contribution in [2.24, 2.45) is 0 Å². The molecule has 0 atom stereocenters. The van der Waals surface area contributed by atoms with E-state index in [9.17, 15) is 4.79 Å². The average Bonchev–Trinajstić information content (AvgIpc) is 2.63. The number of para-hydroxylation sites is 2. The molecule has 24 heavy (non-hydrogen) atoms. The summed E-state index contributed by atoms with van der Waals surface area (Å²) in [7, 11) is 1.59. The highest BCUT2D eigenvalue weighted by Crippen LogP contribution is 2.24. The lowest BCUT2D eigenvalue weighted by molar-refractivity contribution is 0.208. The Bertz CT molecular complexity index is 698. The van der Waals surface area contributed by atoms with Gasteiger partial charge in [0.25, 0.3) is 0 Å². The first kappa shape index (κ1) is 16.5. The summed E-state index contributed by atoms with van der Waals surface area (Å²) in [6.07, 6.45) is 0. The van der Waals surface area contributed by atoms with Crippen molar-refractivity contribution >= 4 is 29.0 Å². The summed E-state index contributed by atoms with van der Waals surface area (Å²) in [5, 5.41) is 3.65. The van der Waals surface area contributed by atoms with Crippen LogP contribution in [0.4, 0.5) is 16.2 Å². The fraction of sp³-hybridized carbons (Fsp3) is 0.278. The fourth-order valence-corrected chi connectivity index (χ4v) is 2.89. The summed E-state index contributed by atoms with van der Waals surface area (Å²) >= 11 is 5.93. The molecule has 2 amide bonds. The summed E-state index contributed by atoms with van der Waals surface area (Å²) in [4.78, 5) is 16.5.